The summed E-state index contributed by atoms with van der Waals surface area (Å²) < 4.78 is 69.7. The first-order chi connectivity index (χ1) is 31.4. The first-order valence-electron chi connectivity index (χ1n) is 22.7. The van der Waals surface area contributed by atoms with Crippen LogP contribution in [0.2, 0.25) is 0 Å². The normalized spacial score (nSPS) is 19.1. The van der Waals surface area contributed by atoms with Gasteiger partial charge in [0, 0.05) is 129 Å². The number of ether oxygens (including phenoxy) is 2. The molecule has 4 aromatic rings. The molecule has 2 aromatic heterocycles. The Bertz CT molecular complexity index is 2410. The van der Waals surface area contributed by atoms with Crippen molar-refractivity contribution in [2.75, 3.05) is 80.9 Å². The van der Waals surface area contributed by atoms with Gasteiger partial charge < -0.3 is 51.0 Å². The number of alkyl halides is 4. The van der Waals surface area contributed by atoms with Gasteiger partial charge in [-0.25, -0.2) is 27.2 Å². The second-order valence-electron chi connectivity index (χ2n) is 17.6. The number of carbonyl (C=O) groups is 2. The molecule has 2 fully saturated rings. The summed E-state index contributed by atoms with van der Waals surface area (Å²) in [6.45, 7) is 5.75. The van der Waals surface area contributed by atoms with Crippen LogP contribution >= 0.6 is 0 Å². The molecule has 0 radical (unpaired) electrons. The first kappa shape index (κ1) is 44.4. The Morgan fingerprint density at radius 2 is 1.11 bits per heavy atom. The third kappa shape index (κ3) is 8.61. The number of aryl methyl sites for hydroxylation is 2. The van der Waals surface area contributed by atoms with Crippen molar-refractivity contribution in [3.8, 4) is 0 Å². The van der Waals surface area contributed by atoms with Crippen molar-refractivity contribution >= 4 is 46.5 Å². The van der Waals surface area contributed by atoms with Crippen LogP contribution in [-0.4, -0.2) is 106 Å². The fourth-order valence-electron chi connectivity index (χ4n) is 10.4. The molecular formula is C45H57F4N11O5. The highest BCUT2D eigenvalue weighted by molar-refractivity contribution is 5.77. The van der Waals surface area contributed by atoms with Crippen LogP contribution in [-0.2, 0) is 48.2 Å². The summed E-state index contributed by atoms with van der Waals surface area (Å²) in [5.41, 5.74) is 19.1. The highest BCUT2D eigenvalue weighted by Gasteiger charge is 2.36. The summed E-state index contributed by atoms with van der Waals surface area (Å²) in [4.78, 5) is 31.3. The van der Waals surface area contributed by atoms with E-state index in [0.29, 0.717) is 83.5 Å². The van der Waals surface area contributed by atoms with Crippen LogP contribution in [0.4, 0.5) is 61.5 Å². The minimum absolute atomic E-state index is 0.104. The number of amides is 3. The van der Waals surface area contributed by atoms with Gasteiger partial charge in [-0.2, -0.15) is 10.2 Å². The second-order valence-corrected chi connectivity index (χ2v) is 17.6. The third-order valence-corrected chi connectivity index (χ3v) is 13.8. The lowest BCUT2D eigenvalue weighted by molar-refractivity contribution is 0.0649. The van der Waals surface area contributed by atoms with Crippen LogP contribution in [0.5, 0.6) is 0 Å². The Morgan fingerprint density at radius 1 is 0.677 bits per heavy atom. The van der Waals surface area contributed by atoms with Gasteiger partial charge in [0.05, 0.1) is 25.2 Å². The fourth-order valence-corrected chi connectivity index (χ4v) is 10.4. The van der Waals surface area contributed by atoms with E-state index in [4.69, 9.17) is 31.1 Å². The molecule has 8 heterocycles. The average molecular weight is 908 g/mol. The van der Waals surface area contributed by atoms with Crippen molar-refractivity contribution in [1.82, 2.24) is 34.7 Å². The van der Waals surface area contributed by atoms with E-state index in [-0.39, 0.29) is 47.2 Å². The van der Waals surface area contributed by atoms with Crippen molar-refractivity contribution in [3.63, 3.8) is 0 Å². The molecule has 2 aromatic carbocycles. The van der Waals surface area contributed by atoms with Crippen LogP contribution in [0, 0.1) is 0 Å². The Labute approximate surface area is 374 Å². The number of anilines is 6. The van der Waals surface area contributed by atoms with E-state index in [1.165, 1.54) is 17.0 Å². The van der Waals surface area contributed by atoms with Crippen molar-refractivity contribution in [1.29, 1.82) is 0 Å². The van der Waals surface area contributed by atoms with E-state index in [1.807, 2.05) is 14.5 Å². The lowest BCUT2D eigenvalue weighted by atomic mass is 9.97. The van der Waals surface area contributed by atoms with Crippen molar-refractivity contribution < 1.29 is 41.7 Å². The number of fused-ring (bicyclic) bond motifs is 4. The molecule has 10 rings (SSSR count). The molecule has 0 aliphatic carbocycles. The number of nitrogens with two attached hydrogens (primary N) is 2. The van der Waals surface area contributed by atoms with Crippen LogP contribution in [0.15, 0.2) is 24.3 Å². The largest absolute Gasteiger partial charge is 0.465 e. The van der Waals surface area contributed by atoms with E-state index in [2.05, 4.69) is 10.00 Å². The standard InChI is InChI=1S/C23H30F2N6O2.C22H27F2N5O3/c1-27-23(32)29-8-4-19-17(13-29)22(28-31(19)15-5-9-33-10-6-15)30-7-2-3-14-11-18(26)16(21(24)25)12-20(14)30;23-20(24)15-11-19-13(10-17(15)25)2-1-6-28(19)21-16-12-27(22(30)31)7-3-18(16)29(26-21)14-4-8-32-9-5-14/h11-12,15,21H,2-10,13,26H2,1H3,(H,27,32);10-11,14,20H,1-9,12,25H2,(H,30,31). The van der Waals surface area contributed by atoms with Gasteiger partial charge in [0.15, 0.2) is 11.6 Å². The highest BCUT2D eigenvalue weighted by Crippen LogP contribution is 2.44. The number of nitrogen functional groups attached to an aromatic ring is 2. The predicted molar refractivity (Wildman–Crippen MR) is 236 cm³/mol. The minimum Gasteiger partial charge on any atom is -0.465 e. The lowest BCUT2D eigenvalue weighted by Crippen LogP contribution is -2.42. The molecule has 6 N–H and O–H groups in total. The van der Waals surface area contributed by atoms with Crippen LogP contribution < -0.4 is 26.6 Å². The molecule has 6 aliphatic heterocycles. The van der Waals surface area contributed by atoms with E-state index >= 15 is 0 Å². The fraction of sp³-hybridized carbons (Fsp3) is 0.556. The third-order valence-electron chi connectivity index (χ3n) is 13.8. The van der Waals surface area contributed by atoms with E-state index < -0.39 is 18.9 Å². The van der Waals surface area contributed by atoms with E-state index in [9.17, 15) is 32.3 Å². The van der Waals surface area contributed by atoms with Crippen molar-refractivity contribution in [3.05, 3.63) is 69.0 Å². The summed E-state index contributed by atoms with van der Waals surface area (Å²) in [7, 11) is 1.63. The monoisotopic (exact) mass is 907 g/mol. The molecule has 0 spiro atoms. The number of benzene rings is 2. The SMILES string of the molecule is CNC(=O)N1CCc2c(c(N3CCCc4cc(N)c(C(F)F)cc43)nn2C2CCOCC2)C1.Nc1cc2c(cc1C(F)F)N(c1nn(C3CCOCC3)c3c1CN(C(=O)O)CC3)CCC2. The zero-order valence-electron chi connectivity index (χ0n) is 36.6. The first-order valence-corrected chi connectivity index (χ1v) is 22.7. The zero-order chi connectivity index (χ0) is 45.5. The van der Waals surface area contributed by atoms with Gasteiger partial charge in [0.1, 0.15) is 0 Å². The molecule has 20 heteroatoms. The number of rotatable bonds is 6. The van der Waals surface area contributed by atoms with Gasteiger partial charge in [-0.3, -0.25) is 9.36 Å². The van der Waals surface area contributed by atoms with Crippen LogP contribution in [0.3, 0.4) is 0 Å². The van der Waals surface area contributed by atoms with Gasteiger partial charge in [-0.05, 0) is 86.8 Å². The summed E-state index contributed by atoms with van der Waals surface area (Å²) in [6.07, 6.45) is 1.72. The molecule has 3 amide bonds. The molecular weight excluding hydrogens is 851 g/mol. The predicted octanol–water partition coefficient (Wildman–Crippen LogP) is 7.41. The molecule has 350 valence electrons. The molecule has 0 unspecified atom stereocenters. The molecule has 0 bridgehead atoms. The average Bonchev–Trinajstić information content (AvgIpc) is 3.89. The Morgan fingerprint density at radius 3 is 1.52 bits per heavy atom. The molecule has 16 nitrogen and oxygen atoms in total. The number of urea groups is 1. The van der Waals surface area contributed by atoms with Crippen LogP contribution in [0.25, 0.3) is 0 Å². The molecule has 2 saturated heterocycles. The number of carboxylic acid groups (broad SMARTS) is 1. The Kier molecular flexibility index (Phi) is 12.7. The summed E-state index contributed by atoms with van der Waals surface area (Å²) in [5.74, 6) is 1.43. The maximum absolute atomic E-state index is 13.6. The van der Waals surface area contributed by atoms with Crippen LogP contribution in [0.1, 0.15) is 108 Å². The maximum Gasteiger partial charge on any atom is 0.407 e. The molecule has 0 atom stereocenters. The highest BCUT2D eigenvalue weighted by atomic mass is 19.3. The van der Waals surface area contributed by atoms with Crippen molar-refractivity contribution in [2.45, 2.75) is 102 Å². The number of hydrogen-bond donors (Lipinski definition) is 4. The van der Waals surface area contributed by atoms with Gasteiger partial charge >= 0.3 is 12.1 Å². The number of aromatic nitrogens is 4. The molecule has 6 aliphatic rings. The Hall–Kier alpha value is -5.76. The van der Waals surface area contributed by atoms with E-state index in [1.54, 1.807) is 24.1 Å². The molecule has 65 heavy (non-hydrogen) atoms. The number of hydrogen-bond acceptors (Lipinski definition) is 10. The quantitative estimate of drug-likeness (QED) is 0.112. The summed E-state index contributed by atoms with van der Waals surface area (Å²) in [5, 5.41) is 22.3. The number of halogens is 4. The number of carbonyl (C=O) groups excluding carboxylic acids is 1. The number of nitrogens with zero attached hydrogens (tertiary/aromatic N) is 8. The summed E-state index contributed by atoms with van der Waals surface area (Å²) in [6, 6.07) is 6.63. The topological polar surface area (TPSA) is 186 Å². The molecule has 0 saturated carbocycles. The summed E-state index contributed by atoms with van der Waals surface area (Å²) >= 11 is 0. The number of nitrogens with one attached hydrogen (secondary N) is 1. The van der Waals surface area contributed by atoms with Gasteiger partial charge in [-0.1, -0.05) is 0 Å². The van der Waals surface area contributed by atoms with Gasteiger partial charge in [-0.15, -0.1) is 0 Å². The van der Waals surface area contributed by atoms with Gasteiger partial charge in [0.25, 0.3) is 12.9 Å². The van der Waals surface area contributed by atoms with Crippen molar-refractivity contribution in [2.24, 2.45) is 0 Å². The lowest BCUT2D eigenvalue weighted by Gasteiger charge is -2.33. The van der Waals surface area contributed by atoms with Gasteiger partial charge in [0.2, 0.25) is 0 Å². The maximum atomic E-state index is 13.6. The minimum atomic E-state index is -2.67. The second kappa shape index (κ2) is 18.6. The smallest absolute Gasteiger partial charge is 0.407 e. The Balaban J connectivity index is 0.000000164. The zero-order valence-corrected chi connectivity index (χ0v) is 36.6. The van der Waals surface area contributed by atoms with E-state index in [0.717, 1.165) is 96.5 Å².